The Kier molecular flexibility index (Phi) is 6.84. The minimum Gasteiger partial charge on any atom is -0.481 e. The Hall–Kier alpha value is -1.60. The van der Waals surface area contributed by atoms with Gasteiger partial charge in [0.2, 0.25) is 0 Å². The highest BCUT2D eigenvalue weighted by Gasteiger charge is 2.31. The van der Waals surface area contributed by atoms with E-state index < -0.39 is 24.3 Å². The summed E-state index contributed by atoms with van der Waals surface area (Å²) in [6.45, 7) is -0.330. The van der Waals surface area contributed by atoms with Gasteiger partial charge in [-0.3, -0.25) is 4.79 Å². The molecule has 25 heavy (non-hydrogen) atoms. The number of aliphatic hydroxyl groups excluding tert-OH is 1. The number of aliphatic carboxylic acids is 1. The molecular formula is C18H24F3NO3. The average Bonchev–Trinajstić information content (AvgIpc) is 2.58. The zero-order valence-corrected chi connectivity index (χ0v) is 14.0. The van der Waals surface area contributed by atoms with Gasteiger partial charge in [0.1, 0.15) is 0 Å². The molecular weight excluding hydrogens is 335 g/mol. The van der Waals surface area contributed by atoms with Crippen LogP contribution in [0.25, 0.3) is 0 Å². The van der Waals surface area contributed by atoms with E-state index >= 15 is 0 Å². The van der Waals surface area contributed by atoms with Crippen molar-refractivity contribution in [2.45, 2.75) is 63.9 Å². The zero-order chi connectivity index (χ0) is 18.4. The lowest BCUT2D eigenvalue weighted by Gasteiger charge is -2.30. The molecule has 1 aliphatic rings. The van der Waals surface area contributed by atoms with Gasteiger partial charge in [0.05, 0.1) is 18.6 Å². The molecule has 1 unspecified atom stereocenters. The number of aliphatic hydroxyl groups is 1. The third-order valence-corrected chi connectivity index (χ3v) is 4.74. The van der Waals surface area contributed by atoms with Gasteiger partial charge in [0.25, 0.3) is 0 Å². The third-order valence-electron chi connectivity index (χ3n) is 4.74. The third kappa shape index (κ3) is 6.01. The predicted octanol–water partition coefficient (Wildman–Crippen LogP) is 3.71. The molecule has 140 valence electrons. The maximum Gasteiger partial charge on any atom is 0.416 e. The quantitative estimate of drug-likeness (QED) is 0.694. The van der Waals surface area contributed by atoms with E-state index in [1.54, 1.807) is 0 Å². The number of carbonyl (C=O) groups is 1. The van der Waals surface area contributed by atoms with Crippen molar-refractivity contribution in [3.05, 3.63) is 34.9 Å². The van der Waals surface area contributed by atoms with Crippen molar-refractivity contribution in [3.63, 3.8) is 0 Å². The number of benzene rings is 1. The first-order chi connectivity index (χ1) is 11.8. The molecule has 4 nitrogen and oxygen atoms in total. The highest BCUT2D eigenvalue weighted by atomic mass is 19.4. The molecule has 0 aromatic heterocycles. The Morgan fingerprint density at radius 1 is 1.16 bits per heavy atom. The maximum absolute atomic E-state index is 13.0. The van der Waals surface area contributed by atoms with Gasteiger partial charge in [-0.25, -0.2) is 0 Å². The second-order valence-electron chi connectivity index (χ2n) is 6.68. The summed E-state index contributed by atoms with van der Waals surface area (Å²) < 4.78 is 38.9. The summed E-state index contributed by atoms with van der Waals surface area (Å²) in [7, 11) is 0. The van der Waals surface area contributed by atoms with Crippen LogP contribution in [0.2, 0.25) is 0 Å². The van der Waals surface area contributed by atoms with Gasteiger partial charge in [-0.15, -0.1) is 0 Å². The van der Waals surface area contributed by atoms with Gasteiger partial charge in [0, 0.05) is 12.6 Å². The van der Waals surface area contributed by atoms with Gasteiger partial charge in [0.15, 0.2) is 0 Å². The summed E-state index contributed by atoms with van der Waals surface area (Å²) in [4.78, 5) is 11.1. The second-order valence-corrected chi connectivity index (χ2v) is 6.68. The van der Waals surface area contributed by atoms with E-state index in [2.05, 4.69) is 5.32 Å². The fourth-order valence-corrected chi connectivity index (χ4v) is 3.50. The number of halogens is 3. The van der Waals surface area contributed by atoms with Gasteiger partial charge in [-0.2, -0.15) is 13.2 Å². The Bertz CT molecular complexity index is 583. The summed E-state index contributed by atoms with van der Waals surface area (Å²) >= 11 is 0. The Labute approximate surface area is 145 Å². The van der Waals surface area contributed by atoms with E-state index in [-0.39, 0.29) is 30.5 Å². The summed E-state index contributed by atoms with van der Waals surface area (Å²) in [6, 6.07) is 3.23. The van der Waals surface area contributed by atoms with Crippen LogP contribution in [0.3, 0.4) is 0 Å². The van der Waals surface area contributed by atoms with Crippen molar-refractivity contribution in [1.82, 2.24) is 5.32 Å². The molecule has 0 saturated heterocycles. The van der Waals surface area contributed by atoms with Crippen LogP contribution in [-0.2, 0) is 24.1 Å². The van der Waals surface area contributed by atoms with Gasteiger partial charge < -0.3 is 15.5 Å². The molecule has 0 aliphatic heterocycles. The topological polar surface area (TPSA) is 69.6 Å². The van der Waals surface area contributed by atoms with Gasteiger partial charge >= 0.3 is 12.1 Å². The lowest BCUT2D eigenvalue weighted by molar-refractivity contribution is -0.138. The summed E-state index contributed by atoms with van der Waals surface area (Å²) in [5.74, 6) is -0.684. The SMILES string of the molecule is O=C(O)CC(NCc1cc(CO)cc(C(F)(F)F)c1)C1CCCCC1. The number of alkyl halides is 3. The molecule has 0 radical (unpaired) electrons. The normalized spacial score (nSPS) is 17.4. The molecule has 0 bridgehead atoms. The van der Waals surface area contributed by atoms with Crippen molar-refractivity contribution < 1.29 is 28.2 Å². The molecule has 0 amide bonds. The largest absolute Gasteiger partial charge is 0.481 e. The monoisotopic (exact) mass is 359 g/mol. The number of carboxylic acid groups (broad SMARTS) is 1. The minimum absolute atomic E-state index is 0.0452. The molecule has 0 heterocycles. The highest BCUT2D eigenvalue weighted by molar-refractivity contribution is 5.67. The van der Waals surface area contributed by atoms with E-state index in [1.165, 1.54) is 6.07 Å². The van der Waals surface area contributed by atoms with Crippen LogP contribution in [0, 0.1) is 5.92 Å². The first-order valence-electron chi connectivity index (χ1n) is 8.55. The van der Waals surface area contributed by atoms with E-state index in [4.69, 9.17) is 5.11 Å². The van der Waals surface area contributed by atoms with Crippen molar-refractivity contribution in [2.75, 3.05) is 0 Å². The average molecular weight is 359 g/mol. The fraction of sp³-hybridized carbons (Fsp3) is 0.611. The molecule has 2 rings (SSSR count). The van der Waals surface area contributed by atoms with E-state index in [0.717, 1.165) is 44.2 Å². The molecule has 1 saturated carbocycles. The van der Waals surface area contributed by atoms with Crippen LogP contribution >= 0.6 is 0 Å². The van der Waals surface area contributed by atoms with Crippen LogP contribution in [-0.4, -0.2) is 22.2 Å². The number of nitrogens with one attached hydrogen (secondary N) is 1. The second kappa shape index (κ2) is 8.67. The lowest BCUT2D eigenvalue weighted by Crippen LogP contribution is -2.38. The first-order valence-corrected chi connectivity index (χ1v) is 8.55. The van der Waals surface area contributed by atoms with Crippen LogP contribution in [0.4, 0.5) is 13.2 Å². The highest BCUT2D eigenvalue weighted by Crippen LogP contribution is 2.31. The molecule has 3 N–H and O–H groups in total. The summed E-state index contributed by atoms with van der Waals surface area (Å²) in [5.41, 5.74) is -0.215. The van der Waals surface area contributed by atoms with Crippen molar-refractivity contribution in [1.29, 1.82) is 0 Å². The van der Waals surface area contributed by atoms with Crippen molar-refractivity contribution in [2.24, 2.45) is 5.92 Å². The number of hydrogen-bond donors (Lipinski definition) is 3. The Morgan fingerprint density at radius 2 is 1.80 bits per heavy atom. The molecule has 1 aliphatic carbocycles. The maximum atomic E-state index is 13.0. The van der Waals surface area contributed by atoms with Crippen molar-refractivity contribution >= 4 is 5.97 Å². The summed E-state index contributed by atoms with van der Waals surface area (Å²) in [5, 5.41) is 21.4. The van der Waals surface area contributed by atoms with E-state index in [1.807, 2.05) is 0 Å². The number of rotatable bonds is 7. The van der Waals surface area contributed by atoms with Gasteiger partial charge in [-0.1, -0.05) is 25.3 Å². The Morgan fingerprint density at radius 3 is 2.36 bits per heavy atom. The van der Waals surface area contributed by atoms with E-state index in [9.17, 15) is 23.1 Å². The van der Waals surface area contributed by atoms with Crippen LogP contribution < -0.4 is 5.32 Å². The van der Waals surface area contributed by atoms with Crippen molar-refractivity contribution in [3.8, 4) is 0 Å². The lowest BCUT2D eigenvalue weighted by atomic mass is 9.82. The number of carboxylic acids is 1. The zero-order valence-electron chi connectivity index (χ0n) is 14.0. The molecule has 7 heteroatoms. The first kappa shape index (κ1) is 19.7. The van der Waals surface area contributed by atoms with Crippen LogP contribution in [0.5, 0.6) is 0 Å². The minimum atomic E-state index is -4.48. The predicted molar refractivity (Wildman–Crippen MR) is 86.8 cm³/mol. The Balaban J connectivity index is 2.11. The molecule has 1 aromatic carbocycles. The fourth-order valence-electron chi connectivity index (χ4n) is 3.50. The molecule has 1 fully saturated rings. The van der Waals surface area contributed by atoms with Gasteiger partial charge in [-0.05, 0) is 42.0 Å². The van der Waals surface area contributed by atoms with Crippen LogP contribution in [0.15, 0.2) is 18.2 Å². The van der Waals surface area contributed by atoms with E-state index in [0.29, 0.717) is 5.56 Å². The smallest absolute Gasteiger partial charge is 0.416 e. The summed E-state index contributed by atoms with van der Waals surface area (Å²) in [6.07, 6.45) is 0.607. The van der Waals surface area contributed by atoms with Crippen LogP contribution in [0.1, 0.15) is 55.2 Å². The molecule has 1 atom stereocenters. The standard InChI is InChI=1S/C18H24F3NO3/c19-18(20,21)15-7-12(6-13(8-15)11-23)10-22-16(9-17(24)25)14-4-2-1-3-5-14/h6-8,14,16,22-23H,1-5,9-11H2,(H,24,25). The molecule has 1 aromatic rings. The number of hydrogen-bond acceptors (Lipinski definition) is 3. The molecule has 0 spiro atoms.